The van der Waals surface area contributed by atoms with E-state index in [4.69, 9.17) is 4.52 Å². The van der Waals surface area contributed by atoms with Gasteiger partial charge in [0.15, 0.2) is 0 Å². The van der Waals surface area contributed by atoms with E-state index in [1.165, 1.54) is 0 Å². The molecule has 3 aromatic rings. The third-order valence-electron chi connectivity index (χ3n) is 5.68. The van der Waals surface area contributed by atoms with Gasteiger partial charge in [-0.25, -0.2) is 4.98 Å². The first kappa shape index (κ1) is 17.4. The fourth-order valence-corrected chi connectivity index (χ4v) is 3.83. The van der Waals surface area contributed by atoms with Crippen molar-refractivity contribution in [2.45, 2.75) is 63.7 Å². The number of hydrogen-bond acceptors (Lipinski definition) is 4. The third kappa shape index (κ3) is 3.09. The van der Waals surface area contributed by atoms with E-state index in [-0.39, 0.29) is 11.3 Å². The molecule has 0 bridgehead atoms. The number of hydrogen-bond donors (Lipinski definition) is 1. The second kappa shape index (κ2) is 6.16. The Labute approximate surface area is 164 Å². The zero-order chi connectivity index (χ0) is 19.5. The largest absolute Gasteiger partial charge is 0.335 e. The molecule has 2 aromatic heterocycles. The van der Waals surface area contributed by atoms with Crippen LogP contribution >= 0.6 is 0 Å². The van der Waals surface area contributed by atoms with Crippen LogP contribution in [0.25, 0.3) is 11.1 Å². The predicted octanol–water partition coefficient (Wildman–Crippen LogP) is 5.53. The molecule has 28 heavy (non-hydrogen) atoms. The van der Waals surface area contributed by atoms with Crippen LogP contribution in [0.5, 0.6) is 0 Å². The molecular weight excluding hydrogens is 350 g/mol. The fourth-order valence-electron chi connectivity index (χ4n) is 3.83. The van der Waals surface area contributed by atoms with E-state index in [1.807, 2.05) is 24.3 Å². The number of nitrogens with zero attached hydrogens (tertiary/aromatic N) is 2. The van der Waals surface area contributed by atoms with Gasteiger partial charge in [-0.1, -0.05) is 44.1 Å². The first-order chi connectivity index (χ1) is 13.4. The van der Waals surface area contributed by atoms with Gasteiger partial charge >= 0.3 is 0 Å². The third-order valence-corrected chi connectivity index (χ3v) is 5.68. The van der Waals surface area contributed by atoms with E-state index in [2.05, 4.69) is 42.3 Å². The van der Waals surface area contributed by atoms with E-state index in [0.29, 0.717) is 23.1 Å². The summed E-state index contributed by atoms with van der Waals surface area (Å²) in [7, 11) is 0. The number of fused-ring (bicyclic) bond motifs is 1. The quantitative estimate of drug-likeness (QED) is 0.651. The van der Waals surface area contributed by atoms with Gasteiger partial charge < -0.3 is 9.84 Å². The minimum absolute atomic E-state index is 0.0625. The number of amides is 1. The molecule has 0 aliphatic heterocycles. The van der Waals surface area contributed by atoms with Gasteiger partial charge in [0, 0.05) is 23.2 Å². The zero-order valence-corrected chi connectivity index (χ0v) is 16.6. The van der Waals surface area contributed by atoms with E-state index < -0.39 is 0 Å². The Morgan fingerprint density at radius 1 is 1.11 bits per heavy atom. The van der Waals surface area contributed by atoms with E-state index in [9.17, 15) is 4.79 Å². The summed E-state index contributed by atoms with van der Waals surface area (Å²) in [6.07, 6.45) is 4.44. The second-order valence-corrected chi connectivity index (χ2v) is 9.14. The number of benzene rings is 1. The number of anilines is 1. The van der Waals surface area contributed by atoms with Crippen LogP contribution in [0, 0.1) is 0 Å². The molecule has 0 atom stereocenters. The Balaban J connectivity index is 1.59. The Bertz CT molecular complexity index is 1070. The van der Waals surface area contributed by atoms with Crippen molar-refractivity contribution in [2.24, 2.45) is 0 Å². The molecule has 2 aliphatic rings. The number of rotatable bonds is 4. The molecule has 0 unspecified atom stereocenters. The van der Waals surface area contributed by atoms with Gasteiger partial charge in [-0.15, -0.1) is 0 Å². The number of nitrogens with one attached hydrogen (secondary N) is 1. The molecule has 0 spiro atoms. The molecular formula is C23H25N3O2. The highest BCUT2D eigenvalue weighted by molar-refractivity contribution is 6.12. The van der Waals surface area contributed by atoms with Gasteiger partial charge in [0.05, 0.1) is 16.6 Å². The normalized spacial score (nSPS) is 17.1. The Kier molecular flexibility index (Phi) is 3.83. The number of pyridine rings is 1. The monoisotopic (exact) mass is 375 g/mol. The summed E-state index contributed by atoms with van der Waals surface area (Å²) in [6.45, 7) is 6.46. The molecule has 1 aromatic carbocycles. The zero-order valence-electron chi connectivity index (χ0n) is 16.6. The van der Waals surface area contributed by atoms with Crippen molar-refractivity contribution in [1.82, 2.24) is 10.1 Å². The maximum absolute atomic E-state index is 13.4. The van der Waals surface area contributed by atoms with E-state index >= 15 is 0 Å². The van der Waals surface area contributed by atoms with Crippen LogP contribution in [-0.4, -0.2) is 16.0 Å². The maximum atomic E-state index is 13.4. The summed E-state index contributed by atoms with van der Waals surface area (Å²) in [5.41, 5.74) is 4.87. The summed E-state index contributed by atoms with van der Waals surface area (Å²) < 4.78 is 5.55. The fraction of sp³-hybridized carbons (Fsp3) is 0.435. The molecule has 2 heterocycles. The number of carbonyl (C=O) groups is 1. The van der Waals surface area contributed by atoms with Crippen molar-refractivity contribution >= 4 is 22.7 Å². The average Bonchev–Trinajstić information content (AvgIpc) is 3.58. The number of carbonyl (C=O) groups excluding carboxylic acids is 1. The molecule has 1 N–H and O–H groups in total. The molecule has 0 radical (unpaired) electrons. The van der Waals surface area contributed by atoms with Gasteiger partial charge in [-0.3, -0.25) is 4.79 Å². The topological polar surface area (TPSA) is 68.0 Å². The SMILES string of the molecule is CC(C)(C)c1ccccc1NC(=O)c1cc(C2CC2)nc2onc(C3CC3)c12. The average molecular weight is 375 g/mol. The summed E-state index contributed by atoms with van der Waals surface area (Å²) in [5.74, 6) is 0.714. The minimum atomic E-state index is -0.115. The lowest BCUT2D eigenvalue weighted by Gasteiger charge is -2.23. The standard InChI is InChI=1S/C23H25N3O2/c1-23(2,3)16-6-4-5-7-17(16)24-21(27)15-12-18(13-8-9-13)25-22-19(15)20(26-28-22)14-10-11-14/h4-7,12-14H,8-11H2,1-3H3,(H,24,27). The summed E-state index contributed by atoms with van der Waals surface area (Å²) in [6, 6.07) is 9.96. The van der Waals surface area contributed by atoms with Crippen LogP contribution in [0.15, 0.2) is 34.9 Å². The van der Waals surface area contributed by atoms with Crippen molar-refractivity contribution in [3.63, 3.8) is 0 Å². The van der Waals surface area contributed by atoms with Gasteiger partial charge in [-0.2, -0.15) is 0 Å². The van der Waals surface area contributed by atoms with Crippen LogP contribution in [0.4, 0.5) is 5.69 Å². The summed E-state index contributed by atoms with van der Waals surface area (Å²) in [5, 5.41) is 8.21. The van der Waals surface area contributed by atoms with Crippen molar-refractivity contribution in [3.05, 3.63) is 52.8 Å². The van der Waals surface area contributed by atoms with Crippen LogP contribution in [-0.2, 0) is 5.41 Å². The number of aromatic nitrogens is 2. The van der Waals surface area contributed by atoms with Crippen molar-refractivity contribution < 1.29 is 9.32 Å². The first-order valence-corrected chi connectivity index (χ1v) is 10.1. The van der Waals surface area contributed by atoms with Crippen LogP contribution < -0.4 is 5.32 Å². The molecule has 2 saturated carbocycles. The molecule has 2 aliphatic carbocycles. The lowest BCUT2D eigenvalue weighted by Crippen LogP contribution is -2.19. The maximum Gasteiger partial charge on any atom is 0.259 e. The van der Waals surface area contributed by atoms with Crippen LogP contribution in [0.3, 0.4) is 0 Å². The van der Waals surface area contributed by atoms with Crippen molar-refractivity contribution in [3.8, 4) is 0 Å². The smallest absolute Gasteiger partial charge is 0.259 e. The minimum Gasteiger partial charge on any atom is -0.335 e. The highest BCUT2D eigenvalue weighted by Gasteiger charge is 2.34. The number of para-hydroxylation sites is 1. The summed E-state index contributed by atoms with van der Waals surface area (Å²) >= 11 is 0. The highest BCUT2D eigenvalue weighted by atomic mass is 16.5. The molecule has 5 nitrogen and oxygen atoms in total. The lowest BCUT2D eigenvalue weighted by molar-refractivity contribution is 0.102. The Morgan fingerprint density at radius 2 is 1.82 bits per heavy atom. The summed E-state index contributed by atoms with van der Waals surface area (Å²) in [4.78, 5) is 18.1. The molecule has 2 fully saturated rings. The Hall–Kier alpha value is -2.69. The predicted molar refractivity (Wildman–Crippen MR) is 109 cm³/mol. The molecule has 1 amide bonds. The van der Waals surface area contributed by atoms with Crippen molar-refractivity contribution in [1.29, 1.82) is 0 Å². The highest BCUT2D eigenvalue weighted by Crippen LogP contribution is 2.45. The van der Waals surface area contributed by atoms with Crippen LogP contribution in [0.1, 0.15) is 85.6 Å². The van der Waals surface area contributed by atoms with Gasteiger partial charge in [0.1, 0.15) is 0 Å². The molecule has 5 rings (SSSR count). The molecule has 144 valence electrons. The Morgan fingerprint density at radius 3 is 2.50 bits per heavy atom. The van der Waals surface area contributed by atoms with E-state index in [0.717, 1.165) is 53.7 Å². The van der Waals surface area contributed by atoms with Gasteiger partial charge in [0.25, 0.3) is 11.6 Å². The first-order valence-electron chi connectivity index (χ1n) is 10.1. The van der Waals surface area contributed by atoms with Gasteiger partial charge in [-0.05, 0) is 48.8 Å². The van der Waals surface area contributed by atoms with Crippen LogP contribution in [0.2, 0.25) is 0 Å². The van der Waals surface area contributed by atoms with Gasteiger partial charge in [0.2, 0.25) is 0 Å². The second-order valence-electron chi connectivity index (χ2n) is 9.14. The lowest BCUT2D eigenvalue weighted by atomic mass is 9.86. The molecule has 5 heteroatoms. The molecule has 0 saturated heterocycles. The van der Waals surface area contributed by atoms with Crippen molar-refractivity contribution in [2.75, 3.05) is 5.32 Å². The van der Waals surface area contributed by atoms with E-state index in [1.54, 1.807) is 0 Å².